The number of pyridine rings is 1. The number of primary amides is 1. The van der Waals surface area contributed by atoms with Crippen LogP contribution in [0, 0.1) is 0 Å². The van der Waals surface area contributed by atoms with Gasteiger partial charge in [-0.2, -0.15) is 0 Å². The number of hydrogen-bond acceptors (Lipinski definition) is 5. The average molecular weight is 260 g/mol. The predicted octanol–water partition coefficient (Wildman–Crippen LogP) is 0.678. The van der Waals surface area contributed by atoms with Crippen molar-refractivity contribution < 1.29 is 9.21 Å². The van der Waals surface area contributed by atoms with Gasteiger partial charge < -0.3 is 20.0 Å². The zero-order valence-corrected chi connectivity index (χ0v) is 10.8. The molecule has 1 amide bonds. The second kappa shape index (κ2) is 4.55. The molecule has 1 aliphatic rings. The van der Waals surface area contributed by atoms with Crippen molar-refractivity contribution in [2.75, 3.05) is 38.1 Å². The summed E-state index contributed by atoms with van der Waals surface area (Å²) in [6.07, 6.45) is 1.55. The Hall–Kier alpha value is -2.08. The lowest BCUT2D eigenvalue weighted by molar-refractivity contribution is 0.0996. The zero-order chi connectivity index (χ0) is 13.4. The van der Waals surface area contributed by atoms with E-state index < -0.39 is 5.91 Å². The van der Waals surface area contributed by atoms with Crippen LogP contribution in [-0.4, -0.2) is 49.0 Å². The molecule has 2 aromatic heterocycles. The minimum Gasteiger partial charge on any atom is -0.439 e. The number of anilines is 1. The number of fused-ring (bicyclic) bond motifs is 1. The summed E-state index contributed by atoms with van der Waals surface area (Å²) in [4.78, 5) is 19.6. The van der Waals surface area contributed by atoms with Gasteiger partial charge in [0.15, 0.2) is 11.5 Å². The summed E-state index contributed by atoms with van der Waals surface area (Å²) in [6.45, 7) is 3.91. The molecule has 6 heteroatoms. The maximum Gasteiger partial charge on any atom is 0.267 e. The third-order valence-electron chi connectivity index (χ3n) is 3.46. The molecule has 0 aliphatic carbocycles. The smallest absolute Gasteiger partial charge is 0.267 e. The van der Waals surface area contributed by atoms with Crippen LogP contribution in [0.2, 0.25) is 0 Å². The Morgan fingerprint density at radius 3 is 2.74 bits per heavy atom. The lowest BCUT2D eigenvalue weighted by Crippen LogP contribution is -2.44. The third kappa shape index (κ3) is 2.26. The quantitative estimate of drug-likeness (QED) is 0.859. The van der Waals surface area contributed by atoms with Crippen molar-refractivity contribution in [1.29, 1.82) is 0 Å². The van der Waals surface area contributed by atoms with E-state index in [2.05, 4.69) is 21.8 Å². The lowest BCUT2D eigenvalue weighted by Gasteiger charge is -2.32. The standard InChI is InChI=1S/C13H16N4O2/c1-16-2-4-17(5-3-16)12-7-9-6-10(13(14)18)15-8-11(9)19-12/h6-8H,2-5H2,1H3,(H2,14,18). The van der Waals surface area contributed by atoms with E-state index >= 15 is 0 Å². The van der Waals surface area contributed by atoms with Gasteiger partial charge in [0.2, 0.25) is 0 Å². The number of hydrogen-bond donors (Lipinski definition) is 1. The van der Waals surface area contributed by atoms with Crippen molar-refractivity contribution in [3.8, 4) is 0 Å². The zero-order valence-electron chi connectivity index (χ0n) is 10.8. The Bertz CT molecular complexity index is 614. The van der Waals surface area contributed by atoms with Crippen LogP contribution < -0.4 is 10.6 Å². The Morgan fingerprint density at radius 2 is 2.05 bits per heavy atom. The minimum absolute atomic E-state index is 0.262. The molecular weight excluding hydrogens is 244 g/mol. The van der Waals surface area contributed by atoms with Crippen LogP contribution in [0.15, 0.2) is 22.7 Å². The van der Waals surface area contributed by atoms with Crippen molar-refractivity contribution in [2.45, 2.75) is 0 Å². The molecule has 1 fully saturated rings. The molecular formula is C13H16N4O2. The Kier molecular flexibility index (Phi) is 2.87. The van der Waals surface area contributed by atoms with Gasteiger partial charge in [-0.15, -0.1) is 0 Å². The van der Waals surface area contributed by atoms with E-state index in [9.17, 15) is 4.79 Å². The van der Waals surface area contributed by atoms with Crippen molar-refractivity contribution in [3.05, 3.63) is 24.0 Å². The molecule has 0 unspecified atom stereocenters. The molecule has 0 saturated carbocycles. The molecule has 0 atom stereocenters. The summed E-state index contributed by atoms with van der Waals surface area (Å²) in [5.41, 5.74) is 6.16. The molecule has 3 rings (SSSR count). The van der Waals surface area contributed by atoms with Gasteiger partial charge in [-0.25, -0.2) is 4.98 Å². The fraction of sp³-hybridized carbons (Fsp3) is 0.385. The molecule has 100 valence electrons. The number of carbonyl (C=O) groups is 1. The van der Waals surface area contributed by atoms with Gasteiger partial charge in [0.25, 0.3) is 5.91 Å². The van der Waals surface area contributed by atoms with Gasteiger partial charge in [-0.05, 0) is 13.1 Å². The first-order chi connectivity index (χ1) is 9.13. The van der Waals surface area contributed by atoms with Crippen LogP contribution >= 0.6 is 0 Å². The van der Waals surface area contributed by atoms with Crippen molar-refractivity contribution in [1.82, 2.24) is 9.88 Å². The molecule has 0 radical (unpaired) electrons. The topological polar surface area (TPSA) is 75.6 Å². The highest BCUT2D eigenvalue weighted by Crippen LogP contribution is 2.26. The van der Waals surface area contributed by atoms with Crippen molar-refractivity contribution in [3.63, 3.8) is 0 Å². The fourth-order valence-corrected chi connectivity index (χ4v) is 2.25. The van der Waals surface area contributed by atoms with Gasteiger partial charge in [0.05, 0.1) is 6.20 Å². The number of rotatable bonds is 2. The van der Waals surface area contributed by atoms with E-state index in [1.807, 2.05) is 6.07 Å². The van der Waals surface area contributed by atoms with Gasteiger partial charge in [0.1, 0.15) is 5.69 Å². The van der Waals surface area contributed by atoms with Crippen molar-refractivity contribution >= 4 is 22.8 Å². The molecule has 1 saturated heterocycles. The number of furan rings is 1. The molecule has 2 N–H and O–H groups in total. The first-order valence-electron chi connectivity index (χ1n) is 6.26. The molecule has 0 bridgehead atoms. The summed E-state index contributed by atoms with van der Waals surface area (Å²) >= 11 is 0. The first-order valence-corrected chi connectivity index (χ1v) is 6.26. The third-order valence-corrected chi connectivity index (χ3v) is 3.46. The molecule has 1 aliphatic heterocycles. The van der Waals surface area contributed by atoms with Crippen LogP contribution in [-0.2, 0) is 0 Å². The van der Waals surface area contributed by atoms with Gasteiger partial charge in [-0.3, -0.25) is 4.79 Å². The highest BCUT2D eigenvalue weighted by molar-refractivity contribution is 5.94. The summed E-state index contributed by atoms with van der Waals surface area (Å²) in [7, 11) is 2.11. The van der Waals surface area contributed by atoms with Crippen molar-refractivity contribution in [2.24, 2.45) is 5.73 Å². The van der Waals surface area contributed by atoms with Crippen LogP contribution in [0.1, 0.15) is 10.5 Å². The van der Waals surface area contributed by atoms with Gasteiger partial charge >= 0.3 is 0 Å². The molecule has 6 nitrogen and oxygen atoms in total. The molecule has 2 aromatic rings. The molecule has 0 spiro atoms. The highest BCUT2D eigenvalue weighted by atomic mass is 16.4. The number of nitrogens with zero attached hydrogens (tertiary/aromatic N) is 3. The largest absolute Gasteiger partial charge is 0.439 e. The number of carbonyl (C=O) groups excluding carboxylic acids is 1. The molecule has 19 heavy (non-hydrogen) atoms. The van der Waals surface area contributed by atoms with Crippen LogP contribution in [0.4, 0.5) is 5.88 Å². The average Bonchev–Trinajstić information content (AvgIpc) is 2.82. The maximum absolute atomic E-state index is 11.1. The SMILES string of the molecule is CN1CCN(c2cc3cc(C(N)=O)ncc3o2)CC1. The summed E-state index contributed by atoms with van der Waals surface area (Å²) in [6, 6.07) is 3.61. The van der Waals surface area contributed by atoms with Gasteiger partial charge in [-0.1, -0.05) is 0 Å². The number of aromatic nitrogens is 1. The normalized spacial score (nSPS) is 17.0. The Morgan fingerprint density at radius 1 is 1.32 bits per heavy atom. The number of piperazine rings is 1. The molecule has 3 heterocycles. The van der Waals surface area contributed by atoms with Crippen LogP contribution in [0.3, 0.4) is 0 Å². The first kappa shape index (κ1) is 12.0. The monoisotopic (exact) mass is 260 g/mol. The number of likely N-dealkylation sites (N-methyl/N-ethyl adjacent to an activating group) is 1. The highest BCUT2D eigenvalue weighted by Gasteiger charge is 2.18. The molecule has 0 aromatic carbocycles. The van der Waals surface area contributed by atoms with E-state index in [1.165, 1.54) is 0 Å². The predicted molar refractivity (Wildman–Crippen MR) is 72.2 cm³/mol. The van der Waals surface area contributed by atoms with Crippen LogP contribution in [0.5, 0.6) is 0 Å². The second-order valence-corrected chi connectivity index (χ2v) is 4.85. The van der Waals surface area contributed by atoms with Gasteiger partial charge in [0, 0.05) is 37.6 Å². The minimum atomic E-state index is -0.524. The number of nitrogens with two attached hydrogens (primary N) is 1. The number of amides is 1. The summed E-state index contributed by atoms with van der Waals surface area (Å²) < 4.78 is 5.77. The van der Waals surface area contributed by atoms with E-state index in [-0.39, 0.29) is 5.69 Å². The van der Waals surface area contributed by atoms with E-state index in [0.717, 1.165) is 37.4 Å². The maximum atomic E-state index is 11.1. The van der Waals surface area contributed by atoms with E-state index in [1.54, 1.807) is 12.3 Å². The summed E-state index contributed by atoms with van der Waals surface area (Å²) in [5.74, 6) is 0.302. The Balaban J connectivity index is 1.91. The summed E-state index contributed by atoms with van der Waals surface area (Å²) in [5, 5.41) is 0.859. The Labute approximate surface area is 110 Å². The second-order valence-electron chi connectivity index (χ2n) is 4.85. The van der Waals surface area contributed by atoms with Crippen LogP contribution in [0.25, 0.3) is 11.0 Å². The van der Waals surface area contributed by atoms with E-state index in [4.69, 9.17) is 10.2 Å². The fourth-order valence-electron chi connectivity index (χ4n) is 2.25. The van der Waals surface area contributed by atoms with E-state index in [0.29, 0.717) is 5.58 Å². The lowest BCUT2D eigenvalue weighted by atomic mass is 10.2.